The zero-order valence-electron chi connectivity index (χ0n) is 15.2. The summed E-state index contributed by atoms with van der Waals surface area (Å²) in [5.74, 6) is 1.02. The van der Waals surface area contributed by atoms with E-state index in [1.165, 1.54) is 12.8 Å². The summed E-state index contributed by atoms with van der Waals surface area (Å²) >= 11 is 0. The maximum Gasteiger partial charge on any atom is 0.317 e. The van der Waals surface area contributed by atoms with Crippen LogP contribution in [0.25, 0.3) is 0 Å². The molecule has 4 rings (SSSR count). The lowest BCUT2D eigenvalue weighted by Gasteiger charge is -2.40. The van der Waals surface area contributed by atoms with Crippen LogP contribution < -0.4 is 5.32 Å². The number of carbonyl (C=O) groups is 1. The number of nitrogens with zero attached hydrogens (tertiary/aromatic N) is 3. The van der Waals surface area contributed by atoms with Gasteiger partial charge < -0.3 is 19.5 Å². The minimum atomic E-state index is 0.137. The van der Waals surface area contributed by atoms with Gasteiger partial charge in [0.2, 0.25) is 0 Å². The Morgan fingerprint density at radius 3 is 2.92 bits per heavy atom. The number of likely N-dealkylation sites (tertiary alicyclic amines) is 1. The quantitative estimate of drug-likeness (QED) is 0.915. The van der Waals surface area contributed by atoms with Gasteiger partial charge in [0.15, 0.2) is 0 Å². The summed E-state index contributed by atoms with van der Waals surface area (Å²) in [6.45, 7) is 5.43. The molecule has 1 aliphatic carbocycles. The second kappa shape index (κ2) is 6.98. The molecule has 1 spiro atoms. The van der Waals surface area contributed by atoms with Gasteiger partial charge in [0.1, 0.15) is 5.82 Å². The summed E-state index contributed by atoms with van der Waals surface area (Å²) in [6.07, 6.45) is 11.8. The van der Waals surface area contributed by atoms with Crippen LogP contribution in [0.15, 0.2) is 12.4 Å². The number of urea groups is 1. The summed E-state index contributed by atoms with van der Waals surface area (Å²) in [7, 11) is 0. The molecular weight excluding hydrogens is 316 g/mol. The van der Waals surface area contributed by atoms with Crippen molar-refractivity contribution in [3.63, 3.8) is 0 Å². The molecular formula is C19H30N4O2. The average Bonchev–Trinajstić information content (AvgIpc) is 3.32. The number of hydrogen-bond donors (Lipinski definition) is 1. The Bertz CT molecular complexity index is 608. The van der Waals surface area contributed by atoms with Crippen molar-refractivity contribution in [2.45, 2.75) is 70.5 Å². The summed E-state index contributed by atoms with van der Waals surface area (Å²) < 4.78 is 7.72. The van der Waals surface area contributed by atoms with E-state index in [0.717, 1.165) is 64.2 Å². The Morgan fingerprint density at radius 2 is 2.16 bits per heavy atom. The summed E-state index contributed by atoms with van der Waals surface area (Å²) in [4.78, 5) is 19.4. The fourth-order valence-corrected chi connectivity index (χ4v) is 5.09. The number of rotatable bonds is 3. The Balaban J connectivity index is 1.40. The molecule has 1 N–H and O–H groups in total. The Morgan fingerprint density at radius 1 is 1.32 bits per heavy atom. The van der Waals surface area contributed by atoms with E-state index < -0.39 is 0 Å². The van der Waals surface area contributed by atoms with Crippen molar-refractivity contribution < 1.29 is 9.53 Å². The van der Waals surface area contributed by atoms with Crippen molar-refractivity contribution in [1.82, 2.24) is 19.8 Å². The van der Waals surface area contributed by atoms with E-state index in [1.807, 2.05) is 19.3 Å². The van der Waals surface area contributed by atoms with E-state index in [1.54, 1.807) is 0 Å². The highest BCUT2D eigenvalue weighted by atomic mass is 16.5. The molecule has 0 radical (unpaired) electrons. The third-order valence-corrected chi connectivity index (χ3v) is 6.66. The van der Waals surface area contributed by atoms with Gasteiger partial charge in [-0.25, -0.2) is 9.78 Å². The predicted molar refractivity (Wildman–Crippen MR) is 95.3 cm³/mol. The smallest absolute Gasteiger partial charge is 0.317 e. The molecule has 2 atom stereocenters. The molecule has 3 aliphatic rings. The van der Waals surface area contributed by atoms with E-state index in [4.69, 9.17) is 4.74 Å². The zero-order chi connectivity index (χ0) is 17.3. The highest BCUT2D eigenvalue weighted by molar-refractivity contribution is 5.75. The molecule has 25 heavy (non-hydrogen) atoms. The summed E-state index contributed by atoms with van der Waals surface area (Å²) in [6, 6.07) is 0.734. The van der Waals surface area contributed by atoms with E-state index in [-0.39, 0.29) is 17.5 Å². The molecule has 3 heterocycles. The number of nitrogens with one attached hydrogen (secondary N) is 1. The van der Waals surface area contributed by atoms with Gasteiger partial charge in [-0.15, -0.1) is 0 Å². The van der Waals surface area contributed by atoms with Gasteiger partial charge in [-0.2, -0.15) is 0 Å². The molecule has 1 aromatic rings. The van der Waals surface area contributed by atoms with Crippen LogP contribution in [0.3, 0.4) is 0 Å². The first-order valence-corrected chi connectivity index (χ1v) is 9.81. The van der Waals surface area contributed by atoms with Gasteiger partial charge in [-0.05, 0) is 50.9 Å². The molecule has 3 fully saturated rings. The number of amides is 2. The monoisotopic (exact) mass is 346 g/mol. The summed E-state index contributed by atoms with van der Waals surface area (Å²) in [5.41, 5.74) is 0.282. The molecule has 0 bridgehead atoms. The average molecular weight is 346 g/mol. The van der Waals surface area contributed by atoms with Crippen molar-refractivity contribution in [1.29, 1.82) is 0 Å². The molecule has 0 unspecified atom stereocenters. The molecule has 1 saturated carbocycles. The number of hydrogen-bond acceptors (Lipinski definition) is 3. The minimum absolute atomic E-state index is 0.137. The van der Waals surface area contributed by atoms with Crippen LogP contribution in [0.2, 0.25) is 0 Å². The maximum absolute atomic E-state index is 13.0. The SMILES string of the molecule is Cc1nccn1C[C@@H]1CCCN1C(=O)N[C@H]1CCCC12CCOCC2. The van der Waals surface area contributed by atoms with Gasteiger partial charge in [-0.1, -0.05) is 6.42 Å². The van der Waals surface area contributed by atoms with Gasteiger partial charge in [-0.3, -0.25) is 0 Å². The van der Waals surface area contributed by atoms with E-state index in [2.05, 4.69) is 19.8 Å². The summed E-state index contributed by atoms with van der Waals surface area (Å²) in [5, 5.41) is 3.41. The first-order chi connectivity index (χ1) is 12.2. The lowest BCUT2D eigenvalue weighted by atomic mass is 9.75. The fraction of sp³-hybridized carbons (Fsp3) is 0.789. The van der Waals surface area contributed by atoms with Crippen LogP contribution in [-0.2, 0) is 11.3 Å². The number of imidazole rings is 1. The van der Waals surface area contributed by atoms with Crippen LogP contribution >= 0.6 is 0 Å². The minimum Gasteiger partial charge on any atom is -0.381 e. The Labute approximate surface area is 149 Å². The molecule has 6 nitrogen and oxygen atoms in total. The van der Waals surface area contributed by atoms with Crippen LogP contribution in [0.1, 0.15) is 50.8 Å². The molecule has 2 amide bonds. The highest BCUT2D eigenvalue weighted by Crippen LogP contribution is 2.46. The van der Waals surface area contributed by atoms with Gasteiger partial charge in [0.25, 0.3) is 0 Å². The number of aromatic nitrogens is 2. The lowest BCUT2D eigenvalue weighted by molar-refractivity contribution is 0.00532. The molecule has 2 aliphatic heterocycles. The second-order valence-corrected chi connectivity index (χ2v) is 7.99. The first-order valence-electron chi connectivity index (χ1n) is 9.81. The predicted octanol–water partition coefficient (Wildman–Crippen LogP) is 2.71. The Kier molecular flexibility index (Phi) is 4.71. The third-order valence-electron chi connectivity index (χ3n) is 6.66. The first kappa shape index (κ1) is 16.9. The van der Waals surface area contributed by atoms with Crippen LogP contribution in [0.4, 0.5) is 4.79 Å². The van der Waals surface area contributed by atoms with E-state index in [9.17, 15) is 4.79 Å². The van der Waals surface area contributed by atoms with Crippen molar-refractivity contribution in [2.24, 2.45) is 5.41 Å². The largest absolute Gasteiger partial charge is 0.381 e. The standard InChI is InChI=1S/C19H30N4O2/c1-15-20-9-11-22(15)14-16-4-3-10-23(16)18(24)21-17-5-2-6-19(17)7-12-25-13-8-19/h9,11,16-17H,2-8,10,12-14H2,1H3,(H,21,24)/t16-,17-/m0/s1. The molecule has 6 heteroatoms. The second-order valence-electron chi connectivity index (χ2n) is 7.99. The molecule has 138 valence electrons. The normalized spacial score (nSPS) is 28.6. The molecule has 2 saturated heterocycles. The van der Waals surface area contributed by atoms with Crippen molar-refractivity contribution in [2.75, 3.05) is 19.8 Å². The topological polar surface area (TPSA) is 59.4 Å². The fourth-order valence-electron chi connectivity index (χ4n) is 5.09. The zero-order valence-corrected chi connectivity index (χ0v) is 15.2. The number of carbonyl (C=O) groups excluding carboxylic acids is 1. The molecule has 0 aromatic carbocycles. The van der Waals surface area contributed by atoms with Crippen molar-refractivity contribution in [3.05, 3.63) is 18.2 Å². The maximum atomic E-state index is 13.0. The number of ether oxygens (including phenoxy) is 1. The van der Waals surface area contributed by atoms with Crippen LogP contribution in [0.5, 0.6) is 0 Å². The van der Waals surface area contributed by atoms with Gasteiger partial charge in [0.05, 0.1) is 6.04 Å². The van der Waals surface area contributed by atoms with Crippen molar-refractivity contribution in [3.8, 4) is 0 Å². The van der Waals surface area contributed by atoms with E-state index >= 15 is 0 Å². The lowest BCUT2D eigenvalue weighted by Crippen LogP contribution is -2.52. The van der Waals surface area contributed by atoms with E-state index in [0.29, 0.717) is 6.04 Å². The number of aryl methyl sites for hydroxylation is 1. The van der Waals surface area contributed by atoms with Crippen molar-refractivity contribution >= 4 is 6.03 Å². The molecule has 1 aromatic heterocycles. The van der Waals surface area contributed by atoms with Crippen LogP contribution in [0, 0.1) is 12.3 Å². The highest BCUT2D eigenvalue weighted by Gasteiger charge is 2.45. The van der Waals surface area contributed by atoms with Crippen LogP contribution in [-0.4, -0.2) is 52.3 Å². The third kappa shape index (κ3) is 3.28. The van der Waals surface area contributed by atoms with Gasteiger partial charge in [0, 0.05) is 44.7 Å². The Hall–Kier alpha value is -1.56. The van der Waals surface area contributed by atoms with Gasteiger partial charge >= 0.3 is 6.03 Å².